The maximum atomic E-state index is 12.4. The number of hydrogen-bond acceptors (Lipinski definition) is 8. The van der Waals surface area contributed by atoms with Crippen LogP contribution in [0.5, 0.6) is 0 Å². The Kier molecular flexibility index (Phi) is 7.17. The molecule has 0 unspecified atom stereocenters. The Morgan fingerprint density at radius 3 is 2.24 bits per heavy atom. The molecule has 2 aromatic rings. The number of carbonyl (C=O) groups excluding carboxylic acids is 4. The Labute approximate surface area is 189 Å². The second-order valence-corrected chi connectivity index (χ2v) is 7.74. The number of hydrogen-bond donors (Lipinski definition) is 0. The van der Waals surface area contributed by atoms with E-state index < -0.39 is 35.2 Å². The summed E-state index contributed by atoms with van der Waals surface area (Å²) in [6, 6.07) is 11.2. The average molecular weight is 454 g/mol. The maximum Gasteiger partial charge on any atom is 0.338 e. The zero-order valence-electron chi connectivity index (χ0n) is 18.1. The van der Waals surface area contributed by atoms with Crippen molar-refractivity contribution in [2.75, 3.05) is 18.1 Å². The molecule has 0 spiro atoms. The highest BCUT2D eigenvalue weighted by molar-refractivity contribution is 6.01. The molecule has 1 saturated heterocycles. The topological polar surface area (TPSA) is 133 Å². The standard InChI is InChI=1S/C23H22N2O8/c1-14(2)33-23(29)16-5-7-18(8-6-16)24-12-17(11-21(24)27)22(28)32-13-20(26)15-3-9-19(10-4-15)25(30)31/h3-10,14,17H,11-13H2,1-2H3/t17-/m0/s1. The van der Waals surface area contributed by atoms with Crippen LogP contribution in [0.2, 0.25) is 0 Å². The number of amides is 1. The van der Waals surface area contributed by atoms with Gasteiger partial charge in [0.2, 0.25) is 5.91 Å². The van der Waals surface area contributed by atoms with Crippen LogP contribution in [-0.2, 0) is 19.1 Å². The number of ether oxygens (including phenoxy) is 2. The van der Waals surface area contributed by atoms with Gasteiger partial charge in [-0.2, -0.15) is 0 Å². The van der Waals surface area contributed by atoms with Gasteiger partial charge < -0.3 is 14.4 Å². The predicted molar refractivity (Wildman–Crippen MR) is 116 cm³/mol. The van der Waals surface area contributed by atoms with E-state index in [4.69, 9.17) is 9.47 Å². The van der Waals surface area contributed by atoms with E-state index in [0.717, 1.165) is 0 Å². The minimum atomic E-state index is -0.743. The lowest BCUT2D eigenvalue weighted by atomic mass is 10.1. The van der Waals surface area contributed by atoms with Gasteiger partial charge in [-0.25, -0.2) is 4.79 Å². The molecule has 1 atom stereocenters. The summed E-state index contributed by atoms with van der Waals surface area (Å²) in [4.78, 5) is 60.4. The van der Waals surface area contributed by atoms with E-state index in [1.165, 1.54) is 29.2 Å². The zero-order valence-corrected chi connectivity index (χ0v) is 18.1. The number of anilines is 1. The van der Waals surface area contributed by atoms with Crippen molar-refractivity contribution in [1.29, 1.82) is 0 Å². The second-order valence-electron chi connectivity index (χ2n) is 7.74. The lowest BCUT2D eigenvalue weighted by Gasteiger charge is -2.17. The van der Waals surface area contributed by atoms with E-state index in [1.807, 2.05) is 0 Å². The first-order chi connectivity index (χ1) is 15.7. The van der Waals surface area contributed by atoms with Crippen molar-refractivity contribution in [3.63, 3.8) is 0 Å². The number of Topliss-reactive ketones (excluding diaryl/α,β-unsaturated/α-hetero) is 1. The zero-order chi connectivity index (χ0) is 24.1. The monoisotopic (exact) mass is 454 g/mol. The molecule has 33 heavy (non-hydrogen) atoms. The molecule has 172 valence electrons. The number of nitrogens with zero attached hydrogens (tertiary/aromatic N) is 2. The van der Waals surface area contributed by atoms with Gasteiger partial charge in [-0.1, -0.05) is 0 Å². The van der Waals surface area contributed by atoms with Crippen molar-refractivity contribution in [1.82, 2.24) is 0 Å². The third-order valence-electron chi connectivity index (χ3n) is 4.96. The molecule has 1 heterocycles. The fourth-order valence-corrected chi connectivity index (χ4v) is 3.28. The largest absolute Gasteiger partial charge is 0.459 e. The van der Waals surface area contributed by atoms with Gasteiger partial charge in [-0.15, -0.1) is 0 Å². The van der Waals surface area contributed by atoms with Gasteiger partial charge in [0.1, 0.15) is 0 Å². The molecular weight excluding hydrogens is 432 g/mol. The first-order valence-electron chi connectivity index (χ1n) is 10.2. The molecule has 0 aromatic heterocycles. The van der Waals surface area contributed by atoms with E-state index in [9.17, 15) is 29.3 Å². The van der Waals surface area contributed by atoms with Crippen LogP contribution < -0.4 is 4.90 Å². The molecule has 0 bridgehead atoms. The number of carbonyl (C=O) groups is 4. The summed E-state index contributed by atoms with van der Waals surface area (Å²) in [5, 5.41) is 10.7. The molecule has 0 radical (unpaired) electrons. The number of rotatable bonds is 8. The van der Waals surface area contributed by atoms with Crippen LogP contribution in [0.15, 0.2) is 48.5 Å². The molecular formula is C23H22N2O8. The molecule has 10 heteroatoms. The van der Waals surface area contributed by atoms with Crippen molar-refractivity contribution in [2.45, 2.75) is 26.4 Å². The Morgan fingerprint density at radius 1 is 1.06 bits per heavy atom. The number of esters is 2. The Bertz CT molecular complexity index is 1080. The lowest BCUT2D eigenvalue weighted by molar-refractivity contribution is -0.384. The van der Waals surface area contributed by atoms with E-state index >= 15 is 0 Å². The highest BCUT2D eigenvalue weighted by Crippen LogP contribution is 2.26. The number of non-ortho nitro benzene ring substituents is 1. The van der Waals surface area contributed by atoms with Crippen molar-refractivity contribution in [2.24, 2.45) is 5.92 Å². The first-order valence-corrected chi connectivity index (χ1v) is 10.2. The van der Waals surface area contributed by atoms with Gasteiger partial charge >= 0.3 is 11.9 Å². The van der Waals surface area contributed by atoms with Crippen molar-refractivity contribution in [3.05, 3.63) is 69.8 Å². The predicted octanol–water partition coefficient (Wildman–Crippen LogP) is 2.94. The first kappa shape index (κ1) is 23.6. The smallest absolute Gasteiger partial charge is 0.338 e. The highest BCUT2D eigenvalue weighted by atomic mass is 16.6. The summed E-state index contributed by atoms with van der Waals surface area (Å²) in [7, 11) is 0. The van der Waals surface area contributed by atoms with Crippen LogP contribution in [-0.4, -0.2) is 47.8 Å². The molecule has 1 fully saturated rings. The number of nitro groups is 1. The van der Waals surface area contributed by atoms with E-state index in [0.29, 0.717) is 11.3 Å². The molecule has 0 aliphatic carbocycles. The Hall–Kier alpha value is -4.08. The van der Waals surface area contributed by atoms with Gasteiger partial charge in [-0.05, 0) is 50.2 Å². The molecule has 1 amide bonds. The molecule has 0 saturated carbocycles. The van der Waals surface area contributed by atoms with Crippen LogP contribution in [0.3, 0.4) is 0 Å². The minimum Gasteiger partial charge on any atom is -0.459 e. The quantitative estimate of drug-likeness (QED) is 0.257. The molecule has 1 aliphatic heterocycles. The Morgan fingerprint density at radius 2 is 1.67 bits per heavy atom. The summed E-state index contributed by atoms with van der Waals surface area (Å²) < 4.78 is 10.2. The third kappa shape index (κ3) is 5.79. The van der Waals surface area contributed by atoms with Crippen molar-refractivity contribution in [3.8, 4) is 0 Å². The molecule has 10 nitrogen and oxygen atoms in total. The number of ketones is 1. The van der Waals surface area contributed by atoms with Crippen LogP contribution in [0.1, 0.15) is 41.0 Å². The minimum absolute atomic E-state index is 0.0678. The fraction of sp³-hybridized carbons (Fsp3) is 0.304. The van der Waals surface area contributed by atoms with Crippen LogP contribution in [0, 0.1) is 16.0 Å². The van der Waals surface area contributed by atoms with E-state index in [2.05, 4.69) is 0 Å². The summed E-state index contributed by atoms with van der Waals surface area (Å²) in [5.74, 6) is -2.69. The van der Waals surface area contributed by atoms with Crippen molar-refractivity contribution >= 4 is 35.0 Å². The third-order valence-corrected chi connectivity index (χ3v) is 4.96. The molecule has 3 rings (SSSR count). The summed E-state index contributed by atoms with van der Waals surface area (Å²) in [5.41, 5.74) is 0.893. The van der Waals surface area contributed by atoms with Gasteiger partial charge in [0.25, 0.3) is 5.69 Å². The molecule has 0 N–H and O–H groups in total. The highest BCUT2D eigenvalue weighted by Gasteiger charge is 2.36. The summed E-state index contributed by atoms with van der Waals surface area (Å²) >= 11 is 0. The van der Waals surface area contributed by atoms with Crippen molar-refractivity contribution < 1.29 is 33.6 Å². The Balaban J connectivity index is 1.56. The maximum absolute atomic E-state index is 12.4. The number of benzene rings is 2. The van der Waals surface area contributed by atoms with Gasteiger partial charge in [-0.3, -0.25) is 24.5 Å². The summed E-state index contributed by atoms with van der Waals surface area (Å²) in [6.45, 7) is 3.04. The van der Waals surface area contributed by atoms with Crippen LogP contribution in [0.25, 0.3) is 0 Å². The van der Waals surface area contributed by atoms with E-state index in [-0.39, 0.29) is 36.2 Å². The lowest BCUT2D eigenvalue weighted by Crippen LogP contribution is -2.27. The molecule has 1 aliphatic rings. The normalized spacial score (nSPS) is 15.4. The number of nitro benzene ring substituents is 1. The van der Waals surface area contributed by atoms with Gasteiger partial charge in [0.05, 0.1) is 22.5 Å². The second kappa shape index (κ2) is 10.0. The SMILES string of the molecule is CC(C)OC(=O)c1ccc(N2C[C@@H](C(=O)OCC(=O)c3ccc([N+](=O)[O-])cc3)CC2=O)cc1. The molecule has 2 aromatic carbocycles. The van der Waals surface area contributed by atoms with E-state index in [1.54, 1.807) is 38.1 Å². The van der Waals surface area contributed by atoms with Gasteiger partial charge in [0.15, 0.2) is 12.4 Å². The fourth-order valence-electron chi connectivity index (χ4n) is 3.28. The van der Waals surface area contributed by atoms with Crippen LogP contribution in [0.4, 0.5) is 11.4 Å². The van der Waals surface area contributed by atoms with Gasteiger partial charge in [0, 0.05) is 36.3 Å². The summed E-state index contributed by atoms with van der Waals surface area (Å²) in [6.07, 6.45) is -0.321. The van der Waals surface area contributed by atoms with Crippen LogP contribution >= 0.6 is 0 Å². The average Bonchev–Trinajstić information content (AvgIpc) is 3.18.